The van der Waals surface area contributed by atoms with Crippen LogP contribution in [-0.2, 0) is 13.0 Å². The van der Waals surface area contributed by atoms with Gasteiger partial charge in [-0.3, -0.25) is 9.80 Å². The lowest BCUT2D eigenvalue weighted by Gasteiger charge is -2.41. The first-order valence-electron chi connectivity index (χ1n) is 11.1. The highest BCUT2D eigenvalue weighted by Gasteiger charge is 2.26. The molecule has 2 aromatic carbocycles. The van der Waals surface area contributed by atoms with Crippen molar-refractivity contribution in [3.05, 3.63) is 53.6 Å². The molecule has 6 heteroatoms. The molecular weight excluding hydrogens is 392 g/mol. The summed E-state index contributed by atoms with van der Waals surface area (Å²) >= 11 is 0. The normalized spacial score (nSPS) is 17.5. The van der Waals surface area contributed by atoms with Crippen LogP contribution in [0.1, 0.15) is 24.0 Å². The number of nitrogens with zero attached hydrogens (tertiary/aromatic N) is 2. The van der Waals surface area contributed by atoms with Crippen LogP contribution in [-0.4, -0.2) is 75.1 Å². The van der Waals surface area contributed by atoms with Crippen molar-refractivity contribution in [2.75, 3.05) is 54.1 Å². The van der Waals surface area contributed by atoms with Gasteiger partial charge in [-0.05, 0) is 49.1 Å². The van der Waals surface area contributed by atoms with Gasteiger partial charge in [0.1, 0.15) is 0 Å². The zero-order chi connectivity index (χ0) is 22.1. The first-order chi connectivity index (χ1) is 15.2. The zero-order valence-corrected chi connectivity index (χ0v) is 19.0. The third-order valence-corrected chi connectivity index (χ3v) is 6.04. The van der Waals surface area contributed by atoms with E-state index in [0.29, 0.717) is 23.3 Å². The smallest absolute Gasteiger partial charge is 0.203 e. The lowest BCUT2D eigenvalue weighted by Crippen LogP contribution is -2.53. The van der Waals surface area contributed by atoms with Crippen molar-refractivity contribution in [3.8, 4) is 17.2 Å². The average Bonchev–Trinajstić information content (AvgIpc) is 2.80. The Bertz CT molecular complexity index is 774. The Balaban J connectivity index is 1.59. The van der Waals surface area contributed by atoms with E-state index in [1.54, 1.807) is 21.3 Å². The SMILES string of the molecule is COc1cc(CN2CCN(CCCc3ccccc3)[C@H](CCO)C2)cc(OC)c1OC. The Morgan fingerprint density at radius 1 is 0.935 bits per heavy atom. The average molecular weight is 429 g/mol. The van der Waals surface area contributed by atoms with Crippen molar-refractivity contribution in [1.29, 1.82) is 0 Å². The summed E-state index contributed by atoms with van der Waals surface area (Å²) in [7, 11) is 4.91. The molecule has 1 fully saturated rings. The summed E-state index contributed by atoms with van der Waals surface area (Å²) in [5.74, 6) is 1.99. The van der Waals surface area contributed by atoms with Gasteiger partial charge in [0.2, 0.25) is 5.75 Å². The third kappa shape index (κ3) is 6.35. The molecule has 1 N–H and O–H groups in total. The first kappa shape index (κ1) is 23.4. The molecule has 0 saturated carbocycles. The largest absolute Gasteiger partial charge is 0.493 e. The second-order valence-electron chi connectivity index (χ2n) is 8.06. The minimum absolute atomic E-state index is 0.220. The fourth-order valence-electron chi connectivity index (χ4n) is 4.43. The van der Waals surface area contributed by atoms with Crippen LogP contribution in [0.2, 0.25) is 0 Å². The fourth-order valence-corrected chi connectivity index (χ4v) is 4.43. The first-order valence-corrected chi connectivity index (χ1v) is 11.1. The Morgan fingerprint density at radius 2 is 1.65 bits per heavy atom. The molecule has 2 aromatic rings. The summed E-state index contributed by atoms with van der Waals surface area (Å²) < 4.78 is 16.4. The molecule has 170 valence electrons. The number of hydrogen-bond acceptors (Lipinski definition) is 6. The maximum atomic E-state index is 9.62. The lowest BCUT2D eigenvalue weighted by molar-refractivity contribution is 0.0546. The summed E-state index contributed by atoms with van der Waals surface area (Å²) in [5.41, 5.74) is 2.53. The molecule has 0 unspecified atom stereocenters. The molecule has 1 aliphatic rings. The molecule has 0 bridgehead atoms. The minimum atomic E-state index is 0.220. The summed E-state index contributed by atoms with van der Waals surface area (Å²) in [6.07, 6.45) is 3.04. The van der Waals surface area contributed by atoms with E-state index in [2.05, 4.69) is 40.1 Å². The molecule has 1 atom stereocenters. The van der Waals surface area contributed by atoms with Gasteiger partial charge in [-0.15, -0.1) is 0 Å². The fraction of sp³-hybridized carbons (Fsp3) is 0.520. The van der Waals surface area contributed by atoms with E-state index in [-0.39, 0.29) is 6.61 Å². The Hall–Kier alpha value is -2.28. The van der Waals surface area contributed by atoms with Crippen molar-refractivity contribution in [2.24, 2.45) is 0 Å². The second-order valence-corrected chi connectivity index (χ2v) is 8.06. The van der Waals surface area contributed by atoms with Crippen molar-refractivity contribution >= 4 is 0 Å². The molecule has 0 amide bonds. The lowest BCUT2D eigenvalue weighted by atomic mass is 10.1. The monoisotopic (exact) mass is 428 g/mol. The highest BCUT2D eigenvalue weighted by atomic mass is 16.5. The molecule has 3 rings (SSSR count). The van der Waals surface area contributed by atoms with Crippen LogP contribution in [0.15, 0.2) is 42.5 Å². The van der Waals surface area contributed by atoms with Crippen LogP contribution in [0, 0.1) is 0 Å². The van der Waals surface area contributed by atoms with E-state index >= 15 is 0 Å². The number of benzene rings is 2. The van der Waals surface area contributed by atoms with Crippen molar-refractivity contribution in [1.82, 2.24) is 9.80 Å². The quantitative estimate of drug-likeness (QED) is 0.593. The van der Waals surface area contributed by atoms with Crippen LogP contribution >= 0.6 is 0 Å². The molecule has 0 spiro atoms. The Labute approximate surface area is 186 Å². The number of methoxy groups -OCH3 is 3. The predicted molar refractivity (Wildman–Crippen MR) is 123 cm³/mol. The van der Waals surface area contributed by atoms with Crippen LogP contribution in [0.4, 0.5) is 0 Å². The summed E-state index contributed by atoms with van der Waals surface area (Å²) in [5, 5.41) is 9.62. The number of piperazine rings is 1. The van der Waals surface area contributed by atoms with Gasteiger partial charge < -0.3 is 19.3 Å². The van der Waals surface area contributed by atoms with Gasteiger partial charge in [0, 0.05) is 38.8 Å². The Morgan fingerprint density at radius 3 is 2.26 bits per heavy atom. The number of aryl methyl sites for hydroxylation is 1. The molecule has 1 heterocycles. The molecule has 0 aromatic heterocycles. The van der Waals surface area contributed by atoms with Crippen molar-refractivity contribution < 1.29 is 19.3 Å². The molecule has 1 saturated heterocycles. The standard InChI is InChI=1S/C25H36N2O4/c1-29-23-16-21(17-24(30-2)25(23)31-3)18-26-13-14-27(22(19-26)11-15-28)12-7-10-20-8-5-4-6-9-20/h4-6,8-9,16-17,22,28H,7,10-15,18-19H2,1-3H3/t22-/m1/s1. The molecular formula is C25H36N2O4. The molecule has 6 nitrogen and oxygen atoms in total. The second kappa shape index (κ2) is 11.9. The van der Waals surface area contributed by atoms with Crippen LogP contribution < -0.4 is 14.2 Å². The maximum Gasteiger partial charge on any atom is 0.203 e. The number of aliphatic hydroxyl groups is 1. The summed E-state index contributed by atoms with van der Waals surface area (Å²) in [6, 6.07) is 15.1. The van der Waals surface area contributed by atoms with Gasteiger partial charge >= 0.3 is 0 Å². The van der Waals surface area contributed by atoms with Gasteiger partial charge in [-0.25, -0.2) is 0 Å². The number of aliphatic hydroxyl groups excluding tert-OH is 1. The van der Waals surface area contributed by atoms with Crippen LogP contribution in [0.3, 0.4) is 0 Å². The van der Waals surface area contributed by atoms with E-state index in [1.165, 1.54) is 5.56 Å². The van der Waals surface area contributed by atoms with Crippen LogP contribution in [0.25, 0.3) is 0 Å². The third-order valence-electron chi connectivity index (χ3n) is 6.04. The molecule has 1 aliphatic heterocycles. The van der Waals surface area contributed by atoms with E-state index in [1.807, 2.05) is 12.1 Å². The molecule has 0 aliphatic carbocycles. The van der Waals surface area contributed by atoms with Gasteiger partial charge in [-0.2, -0.15) is 0 Å². The van der Waals surface area contributed by atoms with Gasteiger partial charge in [0.05, 0.1) is 21.3 Å². The summed E-state index contributed by atoms with van der Waals surface area (Å²) in [6.45, 7) is 5.07. The minimum Gasteiger partial charge on any atom is -0.493 e. The van der Waals surface area contributed by atoms with Gasteiger partial charge in [-0.1, -0.05) is 30.3 Å². The summed E-state index contributed by atoms with van der Waals surface area (Å²) in [4.78, 5) is 5.00. The highest BCUT2D eigenvalue weighted by molar-refractivity contribution is 5.53. The van der Waals surface area contributed by atoms with Crippen molar-refractivity contribution in [3.63, 3.8) is 0 Å². The van der Waals surface area contributed by atoms with E-state index in [9.17, 15) is 5.11 Å². The van der Waals surface area contributed by atoms with Gasteiger partial charge in [0.25, 0.3) is 0 Å². The van der Waals surface area contributed by atoms with Crippen molar-refractivity contribution in [2.45, 2.75) is 31.8 Å². The Kier molecular flexibility index (Phi) is 9.00. The number of hydrogen-bond donors (Lipinski definition) is 1. The van der Waals surface area contributed by atoms with E-state index < -0.39 is 0 Å². The maximum absolute atomic E-state index is 9.62. The molecule has 31 heavy (non-hydrogen) atoms. The van der Waals surface area contributed by atoms with E-state index in [0.717, 1.165) is 57.5 Å². The zero-order valence-electron chi connectivity index (χ0n) is 19.0. The van der Waals surface area contributed by atoms with Crippen LogP contribution in [0.5, 0.6) is 17.2 Å². The number of rotatable bonds is 11. The molecule has 0 radical (unpaired) electrons. The van der Waals surface area contributed by atoms with Gasteiger partial charge in [0.15, 0.2) is 11.5 Å². The highest BCUT2D eigenvalue weighted by Crippen LogP contribution is 2.38. The van der Waals surface area contributed by atoms with E-state index in [4.69, 9.17) is 14.2 Å². The topological polar surface area (TPSA) is 54.4 Å². The number of ether oxygens (including phenoxy) is 3. The predicted octanol–water partition coefficient (Wildman–Crippen LogP) is 3.21.